The van der Waals surface area contributed by atoms with Crippen LogP contribution in [0.2, 0.25) is 25.2 Å². The third kappa shape index (κ3) is 12.0. The van der Waals surface area contributed by atoms with Crippen molar-refractivity contribution >= 4 is 8.07 Å². The molecule has 1 heteroatoms. The molecule has 0 aliphatic carbocycles. The van der Waals surface area contributed by atoms with Gasteiger partial charge in [-0.05, 0) is 41.7 Å². The summed E-state index contributed by atoms with van der Waals surface area (Å²) in [6.45, 7) is 17.0. The fourth-order valence-electron chi connectivity index (χ4n) is 4.63. The molecule has 29 heavy (non-hydrogen) atoms. The molecule has 0 amide bonds. The number of hydrogen-bond donors (Lipinski definition) is 0. The summed E-state index contributed by atoms with van der Waals surface area (Å²) in [7, 11) is -1.06. The van der Waals surface area contributed by atoms with E-state index in [2.05, 4.69) is 72.0 Å². The topological polar surface area (TPSA) is 0 Å². The Labute approximate surface area is 185 Å². The minimum atomic E-state index is -1.06. The number of rotatable bonds is 16. The Kier molecular flexibility index (Phi) is 13.2. The normalized spacial score (nSPS) is 13.4. The second kappa shape index (κ2) is 14.4. The van der Waals surface area contributed by atoms with Gasteiger partial charge in [0.25, 0.3) is 0 Å². The molecular formula is C28H52Si. The average Bonchev–Trinajstić information content (AvgIpc) is 2.66. The van der Waals surface area contributed by atoms with Crippen molar-refractivity contribution in [3.05, 3.63) is 35.4 Å². The van der Waals surface area contributed by atoms with Crippen LogP contribution in [0.15, 0.2) is 24.3 Å². The van der Waals surface area contributed by atoms with Crippen LogP contribution in [0.1, 0.15) is 109 Å². The van der Waals surface area contributed by atoms with E-state index in [-0.39, 0.29) is 0 Å². The molecule has 0 heterocycles. The highest BCUT2D eigenvalue weighted by atomic mass is 28.3. The van der Waals surface area contributed by atoms with Crippen LogP contribution in [0, 0.1) is 11.8 Å². The third-order valence-electron chi connectivity index (χ3n) is 6.71. The summed E-state index contributed by atoms with van der Waals surface area (Å²) >= 11 is 0. The highest BCUT2D eigenvalue weighted by Crippen LogP contribution is 2.32. The Balaban J connectivity index is 2.43. The molecule has 1 unspecified atom stereocenters. The molecule has 0 saturated heterocycles. The summed E-state index contributed by atoms with van der Waals surface area (Å²) in [5, 5.41) is 0. The van der Waals surface area contributed by atoms with Gasteiger partial charge in [0.15, 0.2) is 0 Å². The predicted molar refractivity (Wildman–Crippen MR) is 137 cm³/mol. The molecule has 168 valence electrons. The minimum Gasteiger partial charge on any atom is -0.0693 e. The van der Waals surface area contributed by atoms with E-state index in [1.54, 1.807) is 11.1 Å². The van der Waals surface area contributed by atoms with Gasteiger partial charge in [-0.1, -0.05) is 135 Å². The van der Waals surface area contributed by atoms with E-state index in [0.29, 0.717) is 5.92 Å². The quantitative estimate of drug-likeness (QED) is 0.186. The maximum Gasteiger partial charge on any atom is 0.0477 e. The van der Waals surface area contributed by atoms with Gasteiger partial charge in [-0.2, -0.15) is 0 Å². The van der Waals surface area contributed by atoms with Crippen molar-refractivity contribution in [2.75, 3.05) is 0 Å². The fourth-order valence-corrected chi connectivity index (χ4v) is 7.05. The third-order valence-corrected chi connectivity index (χ3v) is 10.0. The van der Waals surface area contributed by atoms with Crippen molar-refractivity contribution in [1.29, 1.82) is 0 Å². The van der Waals surface area contributed by atoms with Crippen LogP contribution in [0.4, 0.5) is 0 Å². The summed E-state index contributed by atoms with van der Waals surface area (Å²) < 4.78 is 0. The number of hydrogen-bond acceptors (Lipinski definition) is 0. The molecule has 1 rings (SSSR count). The Morgan fingerprint density at radius 1 is 0.793 bits per heavy atom. The van der Waals surface area contributed by atoms with E-state index in [4.69, 9.17) is 0 Å². The lowest BCUT2D eigenvalue weighted by molar-refractivity contribution is 0.407. The molecule has 1 aromatic carbocycles. The van der Waals surface area contributed by atoms with E-state index in [9.17, 15) is 0 Å². The molecule has 0 radical (unpaired) electrons. The van der Waals surface area contributed by atoms with Crippen LogP contribution in [0.3, 0.4) is 0 Å². The minimum absolute atomic E-state index is 0.706. The predicted octanol–water partition coefficient (Wildman–Crippen LogP) is 9.86. The van der Waals surface area contributed by atoms with Crippen LogP contribution in [0.25, 0.3) is 0 Å². The number of benzene rings is 1. The van der Waals surface area contributed by atoms with Gasteiger partial charge in [0, 0.05) is 8.07 Å². The summed E-state index contributed by atoms with van der Waals surface area (Å²) in [6, 6.07) is 12.6. The Morgan fingerprint density at radius 3 is 2.00 bits per heavy atom. The van der Waals surface area contributed by atoms with E-state index in [1.165, 1.54) is 76.3 Å². The zero-order valence-corrected chi connectivity index (χ0v) is 22.0. The van der Waals surface area contributed by atoms with Gasteiger partial charge in [-0.15, -0.1) is 0 Å². The smallest absolute Gasteiger partial charge is 0.0477 e. The van der Waals surface area contributed by atoms with Gasteiger partial charge >= 0.3 is 0 Å². The molecular weight excluding hydrogens is 364 g/mol. The first-order valence-corrected chi connectivity index (χ1v) is 16.3. The van der Waals surface area contributed by atoms with Crippen molar-refractivity contribution in [2.45, 2.75) is 130 Å². The summed E-state index contributed by atoms with van der Waals surface area (Å²) in [4.78, 5) is 0. The molecule has 0 nitrogen and oxygen atoms in total. The van der Waals surface area contributed by atoms with E-state index in [1.807, 2.05) is 0 Å². The second-order valence-electron chi connectivity index (χ2n) is 11.1. The molecule has 0 N–H and O–H groups in total. The van der Waals surface area contributed by atoms with Gasteiger partial charge in [0.05, 0.1) is 0 Å². The number of unbranched alkanes of at least 4 members (excludes halogenated alkanes) is 7. The van der Waals surface area contributed by atoms with Gasteiger partial charge in [-0.3, -0.25) is 0 Å². The fraction of sp³-hybridized carbons (Fsp3) is 0.786. The lowest BCUT2D eigenvalue weighted by Crippen LogP contribution is -2.25. The Morgan fingerprint density at radius 2 is 1.41 bits per heavy atom. The first-order chi connectivity index (χ1) is 13.7. The van der Waals surface area contributed by atoms with Crippen molar-refractivity contribution in [2.24, 2.45) is 11.8 Å². The van der Waals surface area contributed by atoms with Gasteiger partial charge < -0.3 is 0 Å². The van der Waals surface area contributed by atoms with Gasteiger partial charge in [-0.25, -0.2) is 0 Å². The van der Waals surface area contributed by atoms with Crippen LogP contribution < -0.4 is 0 Å². The average molecular weight is 417 g/mol. The van der Waals surface area contributed by atoms with Crippen LogP contribution in [0.5, 0.6) is 0 Å². The van der Waals surface area contributed by atoms with Gasteiger partial charge in [0.2, 0.25) is 0 Å². The molecule has 0 aliphatic heterocycles. The van der Waals surface area contributed by atoms with Crippen molar-refractivity contribution < 1.29 is 0 Å². The van der Waals surface area contributed by atoms with Gasteiger partial charge in [0.1, 0.15) is 0 Å². The zero-order chi connectivity index (χ0) is 21.7. The van der Waals surface area contributed by atoms with Crippen molar-refractivity contribution in [3.8, 4) is 0 Å². The molecule has 0 aliphatic rings. The summed E-state index contributed by atoms with van der Waals surface area (Å²) in [6.07, 6.45) is 14.1. The largest absolute Gasteiger partial charge is 0.0693 e. The molecule has 0 spiro atoms. The SMILES string of the molecule is CCCCCCCCCC[Si](C)(C)CCc1cccc(C(CC(C)C)C(C)C)c1. The highest BCUT2D eigenvalue weighted by Gasteiger charge is 2.21. The molecule has 1 aromatic rings. The van der Waals surface area contributed by atoms with Crippen LogP contribution in [-0.2, 0) is 6.42 Å². The standard InChI is InChI=1S/C28H52Si/c1-8-9-10-11-12-13-14-15-20-29(6,7)21-19-26-17-16-18-27(23-26)28(25(4)5)22-24(2)3/h16-18,23-25,28H,8-15,19-22H2,1-7H3. The van der Waals surface area contributed by atoms with E-state index < -0.39 is 8.07 Å². The maximum atomic E-state index is 2.62. The Hall–Kier alpha value is -0.563. The highest BCUT2D eigenvalue weighted by molar-refractivity contribution is 6.77. The lowest BCUT2D eigenvalue weighted by Gasteiger charge is -2.25. The molecule has 0 saturated carbocycles. The van der Waals surface area contributed by atoms with Crippen molar-refractivity contribution in [1.82, 2.24) is 0 Å². The first kappa shape index (κ1) is 26.5. The van der Waals surface area contributed by atoms with Crippen molar-refractivity contribution in [3.63, 3.8) is 0 Å². The molecule has 0 bridgehead atoms. The molecule has 1 atom stereocenters. The van der Waals surface area contributed by atoms with E-state index in [0.717, 1.165) is 11.8 Å². The molecule has 0 fully saturated rings. The monoisotopic (exact) mass is 416 g/mol. The summed E-state index contributed by atoms with van der Waals surface area (Å²) in [5.74, 6) is 2.20. The maximum absolute atomic E-state index is 2.62. The summed E-state index contributed by atoms with van der Waals surface area (Å²) in [5.41, 5.74) is 3.15. The van der Waals surface area contributed by atoms with E-state index >= 15 is 0 Å². The number of aryl methyl sites for hydroxylation is 1. The second-order valence-corrected chi connectivity index (χ2v) is 16.4. The Bertz CT molecular complexity index is 529. The zero-order valence-electron chi connectivity index (χ0n) is 21.0. The first-order valence-electron chi connectivity index (χ1n) is 12.8. The molecule has 0 aromatic heterocycles. The van der Waals surface area contributed by atoms with Crippen LogP contribution in [-0.4, -0.2) is 8.07 Å². The lowest BCUT2D eigenvalue weighted by atomic mass is 9.81. The van der Waals surface area contributed by atoms with Crippen LogP contribution >= 0.6 is 0 Å².